The van der Waals surface area contributed by atoms with Gasteiger partial charge in [-0.05, 0) is 30.5 Å². The van der Waals surface area contributed by atoms with Crippen molar-refractivity contribution in [3.8, 4) is 0 Å². The maximum atomic E-state index is 12.2. The fourth-order valence-corrected chi connectivity index (χ4v) is 3.16. The van der Waals surface area contributed by atoms with E-state index in [1.54, 1.807) is 0 Å². The van der Waals surface area contributed by atoms with Crippen molar-refractivity contribution in [2.75, 3.05) is 26.2 Å². The van der Waals surface area contributed by atoms with Crippen molar-refractivity contribution in [2.45, 2.75) is 19.4 Å². The average molecular weight is 279 g/mol. The van der Waals surface area contributed by atoms with Crippen LogP contribution in [0.1, 0.15) is 18.4 Å². The second-order valence-corrected chi connectivity index (χ2v) is 5.99. The van der Waals surface area contributed by atoms with Crippen molar-refractivity contribution in [2.24, 2.45) is 5.92 Å². The molecule has 1 aromatic carbocycles. The predicted octanol–water partition coefficient (Wildman–Crippen LogP) is 2.39. The molecule has 102 valence electrons. The SMILES string of the molecule is O=C(C1CN(Cc2cccc(Cl)c2)C1)N1CCCC1. The standard InChI is InChI=1S/C15H19ClN2O/c16-14-5-3-4-12(8-14)9-17-10-13(11-17)15(19)18-6-1-2-7-18/h3-5,8,13H,1-2,6-7,9-11H2. The Labute approximate surface area is 119 Å². The monoisotopic (exact) mass is 278 g/mol. The van der Waals surface area contributed by atoms with E-state index in [2.05, 4.69) is 11.0 Å². The van der Waals surface area contributed by atoms with Crippen LogP contribution in [0.4, 0.5) is 0 Å². The highest BCUT2D eigenvalue weighted by molar-refractivity contribution is 6.30. The molecular weight excluding hydrogens is 260 g/mol. The van der Waals surface area contributed by atoms with Crippen LogP contribution in [0, 0.1) is 5.92 Å². The zero-order valence-corrected chi connectivity index (χ0v) is 11.8. The molecule has 0 saturated carbocycles. The van der Waals surface area contributed by atoms with E-state index in [1.807, 2.05) is 23.1 Å². The van der Waals surface area contributed by atoms with Crippen molar-refractivity contribution in [3.63, 3.8) is 0 Å². The minimum Gasteiger partial charge on any atom is -0.342 e. The van der Waals surface area contributed by atoms with Gasteiger partial charge in [-0.1, -0.05) is 23.7 Å². The van der Waals surface area contributed by atoms with Crippen LogP contribution < -0.4 is 0 Å². The summed E-state index contributed by atoms with van der Waals surface area (Å²) in [5, 5.41) is 0.780. The molecule has 2 aliphatic rings. The van der Waals surface area contributed by atoms with Crippen LogP contribution in [0.5, 0.6) is 0 Å². The molecule has 2 aliphatic heterocycles. The number of amides is 1. The number of halogens is 1. The molecule has 3 nitrogen and oxygen atoms in total. The first-order chi connectivity index (χ1) is 9.22. The third kappa shape index (κ3) is 2.93. The quantitative estimate of drug-likeness (QED) is 0.848. The largest absolute Gasteiger partial charge is 0.342 e. The van der Waals surface area contributed by atoms with Crippen LogP contribution in [0.25, 0.3) is 0 Å². The number of nitrogens with zero attached hydrogens (tertiary/aromatic N) is 2. The third-order valence-electron chi connectivity index (χ3n) is 4.02. The second kappa shape index (κ2) is 5.51. The van der Waals surface area contributed by atoms with E-state index in [0.717, 1.165) is 37.7 Å². The van der Waals surface area contributed by atoms with Gasteiger partial charge < -0.3 is 4.90 Å². The van der Waals surface area contributed by atoms with Gasteiger partial charge in [0.1, 0.15) is 0 Å². The summed E-state index contributed by atoms with van der Waals surface area (Å²) in [7, 11) is 0. The topological polar surface area (TPSA) is 23.6 Å². The summed E-state index contributed by atoms with van der Waals surface area (Å²) in [6.45, 7) is 4.60. The van der Waals surface area contributed by atoms with Crippen molar-refractivity contribution in [1.29, 1.82) is 0 Å². The number of likely N-dealkylation sites (tertiary alicyclic amines) is 2. The van der Waals surface area contributed by atoms with Gasteiger partial charge in [0, 0.05) is 37.7 Å². The fourth-order valence-electron chi connectivity index (χ4n) is 2.94. The molecule has 1 aromatic rings. The van der Waals surface area contributed by atoms with Crippen LogP contribution in [0.3, 0.4) is 0 Å². The lowest BCUT2D eigenvalue weighted by molar-refractivity contribution is -0.140. The maximum Gasteiger partial charge on any atom is 0.228 e. The lowest BCUT2D eigenvalue weighted by atomic mass is 9.97. The van der Waals surface area contributed by atoms with Gasteiger partial charge in [-0.25, -0.2) is 0 Å². The highest BCUT2D eigenvalue weighted by atomic mass is 35.5. The van der Waals surface area contributed by atoms with Crippen molar-refractivity contribution in [3.05, 3.63) is 34.9 Å². The molecule has 0 bridgehead atoms. The Balaban J connectivity index is 1.48. The summed E-state index contributed by atoms with van der Waals surface area (Å²) in [5.41, 5.74) is 1.22. The molecule has 0 aromatic heterocycles. The van der Waals surface area contributed by atoms with Crippen LogP contribution in [-0.2, 0) is 11.3 Å². The smallest absolute Gasteiger partial charge is 0.228 e. The van der Waals surface area contributed by atoms with Gasteiger partial charge in [-0.15, -0.1) is 0 Å². The Hall–Kier alpha value is -1.06. The molecule has 2 fully saturated rings. The van der Waals surface area contributed by atoms with Crippen molar-refractivity contribution >= 4 is 17.5 Å². The van der Waals surface area contributed by atoms with E-state index in [9.17, 15) is 4.79 Å². The Kier molecular flexibility index (Phi) is 3.76. The Morgan fingerprint density at radius 2 is 2.00 bits per heavy atom. The lowest BCUT2D eigenvalue weighted by Crippen LogP contribution is -2.53. The molecule has 4 heteroatoms. The lowest BCUT2D eigenvalue weighted by Gasteiger charge is -2.40. The zero-order valence-electron chi connectivity index (χ0n) is 11.0. The van der Waals surface area contributed by atoms with E-state index < -0.39 is 0 Å². The Bertz CT molecular complexity index is 465. The normalized spacial score (nSPS) is 20.6. The molecule has 0 atom stereocenters. The van der Waals surface area contributed by atoms with Gasteiger partial charge in [0.15, 0.2) is 0 Å². The molecular formula is C15H19ClN2O. The molecule has 2 saturated heterocycles. The summed E-state index contributed by atoms with van der Waals surface area (Å²) < 4.78 is 0. The molecule has 1 amide bonds. The van der Waals surface area contributed by atoms with Crippen LogP contribution in [0.15, 0.2) is 24.3 Å². The molecule has 0 spiro atoms. The predicted molar refractivity (Wildman–Crippen MR) is 76.0 cm³/mol. The first kappa shape index (κ1) is 12.9. The van der Waals surface area contributed by atoms with Gasteiger partial charge in [0.05, 0.1) is 5.92 Å². The number of carbonyl (C=O) groups is 1. The van der Waals surface area contributed by atoms with Crippen LogP contribution in [-0.4, -0.2) is 41.9 Å². The molecule has 3 rings (SSSR count). The Morgan fingerprint density at radius 3 is 2.68 bits per heavy atom. The Morgan fingerprint density at radius 1 is 1.26 bits per heavy atom. The van der Waals surface area contributed by atoms with E-state index in [1.165, 1.54) is 18.4 Å². The number of carbonyl (C=O) groups excluding carboxylic acids is 1. The fraction of sp³-hybridized carbons (Fsp3) is 0.533. The number of hydrogen-bond donors (Lipinski definition) is 0. The van der Waals surface area contributed by atoms with Crippen LogP contribution in [0.2, 0.25) is 5.02 Å². The minimum absolute atomic E-state index is 0.220. The first-order valence-electron chi connectivity index (χ1n) is 6.98. The minimum atomic E-state index is 0.220. The third-order valence-corrected chi connectivity index (χ3v) is 4.25. The van der Waals surface area contributed by atoms with E-state index in [4.69, 9.17) is 11.6 Å². The number of hydrogen-bond acceptors (Lipinski definition) is 2. The molecule has 0 N–H and O–H groups in total. The van der Waals surface area contributed by atoms with Gasteiger partial charge in [0.2, 0.25) is 5.91 Å². The molecule has 0 unspecified atom stereocenters. The highest BCUT2D eigenvalue weighted by Gasteiger charge is 2.35. The summed E-state index contributed by atoms with van der Waals surface area (Å²) in [5.74, 6) is 0.581. The molecule has 19 heavy (non-hydrogen) atoms. The van der Waals surface area contributed by atoms with E-state index >= 15 is 0 Å². The van der Waals surface area contributed by atoms with E-state index in [-0.39, 0.29) is 5.92 Å². The molecule has 2 heterocycles. The average Bonchev–Trinajstić information content (AvgIpc) is 2.86. The maximum absolute atomic E-state index is 12.2. The number of benzene rings is 1. The van der Waals surface area contributed by atoms with Crippen molar-refractivity contribution in [1.82, 2.24) is 9.80 Å². The summed E-state index contributed by atoms with van der Waals surface area (Å²) >= 11 is 5.98. The van der Waals surface area contributed by atoms with Crippen LogP contribution >= 0.6 is 11.6 Å². The van der Waals surface area contributed by atoms with Gasteiger partial charge in [-0.2, -0.15) is 0 Å². The summed E-state index contributed by atoms with van der Waals surface area (Å²) in [6, 6.07) is 7.95. The molecule has 0 radical (unpaired) electrons. The molecule has 0 aliphatic carbocycles. The second-order valence-electron chi connectivity index (χ2n) is 5.55. The van der Waals surface area contributed by atoms with Gasteiger partial charge in [-0.3, -0.25) is 9.69 Å². The van der Waals surface area contributed by atoms with Gasteiger partial charge in [0.25, 0.3) is 0 Å². The summed E-state index contributed by atoms with van der Waals surface area (Å²) in [6.07, 6.45) is 2.34. The number of rotatable bonds is 3. The first-order valence-corrected chi connectivity index (χ1v) is 7.36. The summed E-state index contributed by atoms with van der Waals surface area (Å²) in [4.78, 5) is 16.5. The zero-order chi connectivity index (χ0) is 13.2. The van der Waals surface area contributed by atoms with E-state index in [0.29, 0.717) is 5.91 Å². The van der Waals surface area contributed by atoms with Gasteiger partial charge >= 0.3 is 0 Å². The highest BCUT2D eigenvalue weighted by Crippen LogP contribution is 2.23. The van der Waals surface area contributed by atoms with Crippen molar-refractivity contribution < 1.29 is 4.79 Å².